The highest BCUT2D eigenvalue weighted by Crippen LogP contribution is 2.40. The summed E-state index contributed by atoms with van der Waals surface area (Å²) in [6.45, 7) is 10.2. The van der Waals surface area contributed by atoms with Crippen LogP contribution in [0.2, 0.25) is 0 Å². The van der Waals surface area contributed by atoms with Gasteiger partial charge in [0.2, 0.25) is 5.95 Å². The summed E-state index contributed by atoms with van der Waals surface area (Å²) in [6.07, 6.45) is -2.88. The molecule has 0 spiro atoms. The third-order valence-corrected chi connectivity index (χ3v) is 7.78. The number of aromatic nitrogens is 2. The molecule has 3 heterocycles. The first-order valence-corrected chi connectivity index (χ1v) is 13.4. The molecule has 2 aromatic carbocycles. The number of hydrogen-bond donors (Lipinski definition) is 2. The number of hydrogen-bond acceptors (Lipinski definition) is 7. The van der Waals surface area contributed by atoms with Crippen LogP contribution in [0.4, 0.5) is 36.3 Å². The number of carbonyl (C=O) groups excluding carboxylic acids is 2. The van der Waals surface area contributed by atoms with Crippen LogP contribution in [0.3, 0.4) is 0 Å². The summed E-state index contributed by atoms with van der Waals surface area (Å²) < 4.78 is 39.4. The second-order valence-electron chi connectivity index (χ2n) is 10.5. The predicted molar refractivity (Wildman–Crippen MR) is 151 cm³/mol. The number of carbonyl (C=O) groups is 2. The van der Waals surface area contributed by atoms with Crippen molar-refractivity contribution in [2.75, 3.05) is 60.2 Å². The van der Waals surface area contributed by atoms with Gasteiger partial charge < -0.3 is 20.4 Å². The summed E-state index contributed by atoms with van der Waals surface area (Å²) in [4.78, 5) is 41.9. The maximum Gasteiger partial charge on any atom is 0.416 e. The predicted octanol–water partition coefficient (Wildman–Crippen LogP) is 4.50. The van der Waals surface area contributed by atoms with E-state index in [-0.39, 0.29) is 11.5 Å². The van der Waals surface area contributed by atoms with Crippen molar-refractivity contribution in [1.82, 2.24) is 14.9 Å². The van der Waals surface area contributed by atoms with E-state index in [1.165, 1.54) is 17.0 Å². The lowest BCUT2D eigenvalue weighted by Gasteiger charge is -2.41. The van der Waals surface area contributed by atoms with Gasteiger partial charge in [-0.2, -0.15) is 18.2 Å². The van der Waals surface area contributed by atoms with Gasteiger partial charge in [-0.05, 0) is 61.9 Å². The molecule has 216 valence electrons. The number of likely N-dealkylation sites (N-methyl/N-ethyl adjacent to an activating group) is 2. The van der Waals surface area contributed by atoms with Gasteiger partial charge in [0.15, 0.2) is 5.82 Å². The summed E-state index contributed by atoms with van der Waals surface area (Å²) in [5.74, 6) is 0.0964. The van der Waals surface area contributed by atoms with Crippen LogP contribution in [0, 0.1) is 6.92 Å². The molecule has 0 bridgehead atoms. The SMILES string of the molecule is CCN1CCN(c2ncc3c(n2)N(C)C(=O)C(C)(c2cc(NC(=O)c4cccc(C(F)(F)F)c4)ccc2C)N3)CC1. The highest BCUT2D eigenvalue weighted by atomic mass is 19.4. The minimum absolute atomic E-state index is 0.127. The Balaban J connectivity index is 1.40. The smallest absolute Gasteiger partial charge is 0.364 e. The quantitative estimate of drug-likeness (QED) is 0.469. The van der Waals surface area contributed by atoms with Crippen LogP contribution in [0.5, 0.6) is 0 Å². The average Bonchev–Trinajstić information content (AvgIpc) is 2.96. The molecule has 1 saturated heterocycles. The van der Waals surface area contributed by atoms with Gasteiger partial charge in [-0.25, -0.2) is 4.98 Å². The average molecular weight is 568 g/mol. The van der Waals surface area contributed by atoms with Gasteiger partial charge in [0, 0.05) is 44.5 Å². The molecular formula is C29H32F3N7O2. The van der Waals surface area contributed by atoms with Gasteiger partial charge in [-0.3, -0.25) is 14.5 Å². The number of fused-ring (bicyclic) bond motifs is 1. The number of nitrogens with one attached hydrogen (secondary N) is 2. The van der Waals surface area contributed by atoms with E-state index in [9.17, 15) is 22.8 Å². The molecule has 9 nitrogen and oxygen atoms in total. The van der Waals surface area contributed by atoms with Crippen molar-refractivity contribution in [3.63, 3.8) is 0 Å². The lowest BCUT2D eigenvalue weighted by Crippen LogP contribution is -2.53. The highest BCUT2D eigenvalue weighted by Gasteiger charge is 2.44. The first kappa shape index (κ1) is 28.3. The Morgan fingerprint density at radius 3 is 2.54 bits per heavy atom. The van der Waals surface area contributed by atoms with E-state index in [0.29, 0.717) is 28.7 Å². The van der Waals surface area contributed by atoms with Crippen LogP contribution in [0.25, 0.3) is 0 Å². The van der Waals surface area contributed by atoms with E-state index in [0.717, 1.165) is 50.4 Å². The number of benzene rings is 2. The van der Waals surface area contributed by atoms with Crippen molar-refractivity contribution in [3.05, 3.63) is 70.9 Å². The van der Waals surface area contributed by atoms with E-state index >= 15 is 0 Å². The third-order valence-electron chi connectivity index (χ3n) is 7.78. The molecule has 0 radical (unpaired) electrons. The Bertz CT molecular complexity index is 1490. The Kier molecular flexibility index (Phi) is 7.37. The topological polar surface area (TPSA) is 93.7 Å². The van der Waals surface area contributed by atoms with Gasteiger partial charge in [0.05, 0.1) is 17.4 Å². The zero-order valence-electron chi connectivity index (χ0n) is 23.3. The van der Waals surface area contributed by atoms with E-state index in [1.807, 2.05) is 6.92 Å². The molecule has 3 aromatic rings. The fourth-order valence-electron chi connectivity index (χ4n) is 5.34. The molecule has 2 amide bonds. The van der Waals surface area contributed by atoms with Crippen LogP contribution in [-0.4, -0.2) is 66.5 Å². The summed E-state index contributed by atoms with van der Waals surface area (Å²) in [6, 6.07) is 9.28. The number of amides is 2. The van der Waals surface area contributed by atoms with E-state index in [1.54, 1.807) is 38.4 Å². The molecule has 1 fully saturated rings. The lowest BCUT2D eigenvalue weighted by atomic mass is 9.85. The van der Waals surface area contributed by atoms with Gasteiger partial charge in [-0.1, -0.05) is 19.1 Å². The number of rotatable bonds is 5. The van der Waals surface area contributed by atoms with Gasteiger partial charge >= 0.3 is 6.18 Å². The maximum absolute atomic E-state index is 13.8. The van der Waals surface area contributed by atoms with Crippen molar-refractivity contribution in [2.45, 2.75) is 32.5 Å². The molecule has 5 rings (SSSR count). The summed E-state index contributed by atoms with van der Waals surface area (Å²) in [5, 5.41) is 5.98. The number of anilines is 4. The minimum Gasteiger partial charge on any atom is -0.364 e. The monoisotopic (exact) mass is 567 g/mol. The molecule has 2 N–H and O–H groups in total. The van der Waals surface area contributed by atoms with Gasteiger partial charge in [-0.15, -0.1) is 0 Å². The first-order valence-electron chi connectivity index (χ1n) is 13.4. The number of alkyl halides is 3. The van der Waals surface area contributed by atoms with Gasteiger partial charge in [0.25, 0.3) is 11.8 Å². The zero-order valence-corrected chi connectivity index (χ0v) is 23.3. The Hall–Kier alpha value is -4.19. The minimum atomic E-state index is -4.56. The standard InChI is InChI=1S/C29H32F3N7O2/c1-5-38-11-13-39(14-12-38)27-33-17-23-24(35-27)37(4)26(41)28(3,36-23)22-16-21(10-9-18(22)2)34-25(40)19-7-6-8-20(15-19)29(30,31)32/h6-10,15-17,36H,5,11-14H2,1-4H3,(H,34,40). The fraction of sp³-hybridized carbons (Fsp3) is 0.379. The molecule has 1 aromatic heterocycles. The largest absolute Gasteiger partial charge is 0.416 e. The third kappa shape index (κ3) is 5.43. The van der Waals surface area contributed by atoms with Crippen LogP contribution < -0.4 is 20.4 Å². The summed E-state index contributed by atoms with van der Waals surface area (Å²) in [7, 11) is 1.67. The van der Waals surface area contributed by atoms with Gasteiger partial charge in [0.1, 0.15) is 5.54 Å². The van der Waals surface area contributed by atoms with Crippen molar-refractivity contribution in [2.24, 2.45) is 0 Å². The molecule has 1 unspecified atom stereocenters. The van der Waals surface area contributed by atoms with Crippen molar-refractivity contribution in [3.8, 4) is 0 Å². The molecule has 0 saturated carbocycles. The Morgan fingerprint density at radius 1 is 1.12 bits per heavy atom. The number of aryl methyl sites for hydroxylation is 1. The second-order valence-corrected chi connectivity index (χ2v) is 10.5. The van der Waals surface area contributed by atoms with Crippen LogP contribution in [0.15, 0.2) is 48.7 Å². The highest BCUT2D eigenvalue weighted by molar-refractivity contribution is 6.08. The summed E-state index contributed by atoms with van der Waals surface area (Å²) >= 11 is 0. The number of nitrogens with zero attached hydrogens (tertiary/aromatic N) is 5. The van der Waals surface area contributed by atoms with Crippen molar-refractivity contribution >= 4 is 35.0 Å². The molecule has 12 heteroatoms. The molecule has 2 aliphatic heterocycles. The van der Waals surface area contributed by atoms with Crippen LogP contribution in [0.1, 0.15) is 40.9 Å². The number of halogens is 3. The fourth-order valence-corrected chi connectivity index (χ4v) is 5.34. The van der Waals surface area contributed by atoms with E-state index in [4.69, 9.17) is 4.98 Å². The van der Waals surface area contributed by atoms with Crippen molar-refractivity contribution in [1.29, 1.82) is 0 Å². The molecule has 41 heavy (non-hydrogen) atoms. The normalized spacial score (nSPS) is 19.5. The zero-order chi connectivity index (χ0) is 29.5. The Labute approximate surface area is 236 Å². The van der Waals surface area contributed by atoms with Crippen molar-refractivity contribution < 1.29 is 22.8 Å². The van der Waals surface area contributed by atoms with Crippen LogP contribution in [-0.2, 0) is 16.5 Å². The van der Waals surface area contributed by atoms with E-state index in [2.05, 4.69) is 32.3 Å². The first-order chi connectivity index (χ1) is 19.4. The lowest BCUT2D eigenvalue weighted by molar-refractivity contribution is -0.137. The molecular weight excluding hydrogens is 535 g/mol. The molecule has 2 aliphatic rings. The second kappa shape index (κ2) is 10.7. The van der Waals surface area contributed by atoms with Crippen LogP contribution >= 0.6 is 0 Å². The number of piperazine rings is 1. The summed E-state index contributed by atoms with van der Waals surface area (Å²) in [5.41, 5.74) is 0.0569. The Morgan fingerprint density at radius 2 is 1.85 bits per heavy atom. The molecule has 1 atom stereocenters. The molecule has 0 aliphatic carbocycles. The van der Waals surface area contributed by atoms with E-state index < -0.39 is 23.2 Å². The maximum atomic E-state index is 13.8.